The zero-order valence-corrected chi connectivity index (χ0v) is 18.5. The lowest BCUT2D eigenvalue weighted by Crippen LogP contribution is -2.09. The highest BCUT2D eigenvalue weighted by molar-refractivity contribution is 5.82. The summed E-state index contributed by atoms with van der Waals surface area (Å²) in [5.41, 5.74) is 3.68. The number of hydrogen-bond acceptors (Lipinski definition) is 8. The molecule has 0 spiro atoms. The minimum atomic E-state index is -3.02. The predicted octanol–water partition coefficient (Wildman–Crippen LogP) is 4.23. The van der Waals surface area contributed by atoms with E-state index in [1.54, 1.807) is 17.6 Å². The van der Waals surface area contributed by atoms with Crippen LogP contribution < -0.4 is 10.1 Å². The highest BCUT2D eigenvalue weighted by atomic mass is 19.3. The van der Waals surface area contributed by atoms with Gasteiger partial charge in [-0.3, -0.25) is 4.57 Å². The van der Waals surface area contributed by atoms with Crippen molar-refractivity contribution in [2.75, 3.05) is 5.32 Å². The number of fused-ring (bicyclic) bond motifs is 1. The summed E-state index contributed by atoms with van der Waals surface area (Å²) < 4.78 is 33.7. The second-order valence-electron chi connectivity index (χ2n) is 7.60. The number of halogens is 2. The van der Waals surface area contributed by atoms with Gasteiger partial charge in [0, 0.05) is 23.5 Å². The van der Waals surface area contributed by atoms with Crippen LogP contribution in [-0.4, -0.2) is 41.1 Å². The fourth-order valence-electron chi connectivity index (χ4n) is 3.53. The van der Waals surface area contributed by atoms with Crippen LogP contribution in [0, 0.1) is 25.2 Å². The lowest BCUT2D eigenvalue weighted by molar-refractivity contribution is -0.0498. The fourth-order valence-corrected chi connectivity index (χ4v) is 3.53. The summed E-state index contributed by atoms with van der Waals surface area (Å²) >= 11 is 0. The maximum absolute atomic E-state index is 13.0. The van der Waals surface area contributed by atoms with Crippen LogP contribution in [0.15, 0.2) is 54.9 Å². The summed E-state index contributed by atoms with van der Waals surface area (Å²) in [6.45, 7) is 0.562. The molecule has 1 N–H and O–H groups in total. The average Bonchev–Trinajstić information content (AvgIpc) is 3.43. The summed E-state index contributed by atoms with van der Waals surface area (Å²) in [5, 5.41) is 24.6. The topological polar surface area (TPSA) is 119 Å². The first-order chi connectivity index (χ1) is 16.9. The molecule has 0 fully saturated rings. The van der Waals surface area contributed by atoms with Gasteiger partial charge in [0.15, 0.2) is 17.3 Å². The molecule has 0 amide bonds. The zero-order valence-electron chi connectivity index (χ0n) is 18.5. The molecule has 0 unspecified atom stereocenters. The van der Waals surface area contributed by atoms with Crippen molar-refractivity contribution in [1.29, 1.82) is 5.26 Å². The lowest BCUT2D eigenvalue weighted by Gasteiger charge is -2.12. The number of nitriles is 1. The molecule has 0 aliphatic rings. The molecule has 1 aromatic carbocycles. The summed E-state index contributed by atoms with van der Waals surface area (Å²) in [6, 6.07) is 15.4. The summed E-state index contributed by atoms with van der Waals surface area (Å²) in [7, 11) is 0. The molecule has 0 radical (unpaired) electrons. The molecule has 0 bridgehead atoms. The monoisotopic (exact) mass is 473 g/mol. The number of nitrogens with zero attached hydrogens (tertiary/aromatic N) is 8. The molecule has 0 atom stereocenters. The molecule has 0 aliphatic carbocycles. The number of aromatic nitrogens is 7. The number of alkyl halides is 2. The molecule has 5 aromatic rings. The quantitative estimate of drug-likeness (QED) is 0.389. The van der Waals surface area contributed by atoms with Gasteiger partial charge in [-0.1, -0.05) is 0 Å². The second kappa shape index (κ2) is 8.79. The van der Waals surface area contributed by atoms with Gasteiger partial charge < -0.3 is 10.1 Å². The van der Waals surface area contributed by atoms with Gasteiger partial charge in [-0.15, -0.1) is 5.10 Å². The Morgan fingerprint density at radius 2 is 1.86 bits per heavy atom. The van der Waals surface area contributed by atoms with E-state index in [1.807, 2.05) is 43.3 Å². The average molecular weight is 473 g/mol. The van der Waals surface area contributed by atoms with Crippen molar-refractivity contribution in [3.63, 3.8) is 0 Å². The Morgan fingerprint density at radius 1 is 1.03 bits per heavy atom. The number of ether oxygens (including phenoxy) is 1. The van der Waals surface area contributed by atoms with Crippen LogP contribution >= 0.6 is 0 Å². The Kier molecular flexibility index (Phi) is 5.50. The van der Waals surface area contributed by atoms with Crippen LogP contribution in [0.1, 0.15) is 17.1 Å². The third kappa shape index (κ3) is 4.47. The molecule has 35 heavy (non-hydrogen) atoms. The molecule has 0 saturated heterocycles. The molecule has 0 aliphatic heterocycles. The third-order valence-electron chi connectivity index (χ3n) is 5.08. The van der Waals surface area contributed by atoms with Crippen LogP contribution in [0.4, 0.5) is 20.3 Å². The predicted molar refractivity (Wildman–Crippen MR) is 122 cm³/mol. The van der Waals surface area contributed by atoms with Crippen molar-refractivity contribution >= 4 is 22.5 Å². The van der Waals surface area contributed by atoms with Gasteiger partial charge in [0.1, 0.15) is 24.0 Å². The van der Waals surface area contributed by atoms with Gasteiger partial charge in [0.2, 0.25) is 0 Å². The first kappa shape index (κ1) is 21.9. The minimum absolute atomic E-state index is 0.105. The Balaban J connectivity index is 1.55. The third-order valence-corrected chi connectivity index (χ3v) is 5.08. The first-order valence-electron chi connectivity index (χ1n) is 10.4. The van der Waals surface area contributed by atoms with Crippen LogP contribution in [0.5, 0.6) is 5.75 Å². The minimum Gasteiger partial charge on any atom is -0.435 e. The van der Waals surface area contributed by atoms with E-state index in [0.717, 1.165) is 11.4 Å². The Morgan fingerprint density at radius 3 is 2.57 bits per heavy atom. The van der Waals surface area contributed by atoms with Crippen molar-refractivity contribution in [1.82, 2.24) is 34.5 Å². The van der Waals surface area contributed by atoms with E-state index in [0.29, 0.717) is 28.4 Å². The van der Waals surface area contributed by atoms with E-state index in [2.05, 4.69) is 35.3 Å². The standard InChI is InChI=1S/C23H17F2N9O/c1-13-3-6-20(31-30-13)28-15-4-5-19-18(8-15)27-12-33(19)21-9-17(35-23(24)25)10-22(29-21)34-14(2)7-16(11-26)32-34/h3-10,12,23H,1-2H3,(H,28,31). The summed E-state index contributed by atoms with van der Waals surface area (Å²) in [5.74, 6) is 0.991. The van der Waals surface area contributed by atoms with Crippen LogP contribution in [0.3, 0.4) is 0 Å². The number of hydrogen-bond donors (Lipinski definition) is 1. The Labute approximate surface area is 197 Å². The SMILES string of the molecule is Cc1ccc(Nc2ccc3c(c2)ncn3-c2cc(OC(F)F)cc(-n3nc(C#N)cc3C)n2)nn1. The number of rotatable bonds is 6. The molecule has 10 nitrogen and oxygen atoms in total. The maximum Gasteiger partial charge on any atom is 0.387 e. The largest absolute Gasteiger partial charge is 0.435 e. The fraction of sp³-hybridized carbons (Fsp3) is 0.130. The molecule has 12 heteroatoms. The first-order valence-corrected chi connectivity index (χ1v) is 10.4. The molecule has 0 saturated carbocycles. The van der Waals surface area contributed by atoms with E-state index in [-0.39, 0.29) is 17.3 Å². The summed E-state index contributed by atoms with van der Waals surface area (Å²) in [4.78, 5) is 9.00. The summed E-state index contributed by atoms with van der Waals surface area (Å²) in [6.07, 6.45) is 1.54. The number of pyridine rings is 1. The molecular formula is C23H17F2N9O. The second-order valence-corrected chi connectivity index (χ2v) is 7.60. The molecule has 174 valence electrons. The van der Waals surface area contributed by atoms with Crippen LogP contribution in [0.2, 0.25) is 0 Å². The maximum atomic E-state index is 13.0. The van der Waals surface area contributed by atoms with Gasteiger partial charge in [-0.05, 0) is 50.2 Å². The highest BCUT2D eigenvalue weighted by Crippen LogP contribution is 2.27. The highest BCUT2D eigenvalue weighted by Gasteiger charge is 2.15. The smallest absolute Gasteiger partial charge is 0.387 e. The van der Waals surface area contributed by atoms with Crippen molar-refractivity contribution < 1.29 is 13.5 Å². The number of aryl methyl sites for hydroxylation is 2. The van der Waals surface area contributed by atoms with Crippen LogP contribution in [-0.2, 0) is 0 Å². The number of nitrogens with one attached hydrogen (secondary N) is 1. The van der Waals surface area contributed by atoms with Gasteiger partial charge in [-0.2, -0.15) is 24.2 Å². The van der Waals surface area contributed by atoms with E-state index in [9.17, 15) is 8.78 Å². The normalized spacial score (nSPS) is 11.1. The Hall–Kier alpha value is -4.92. The van der Waals surface area contributed by atoms with E-state index < -0.39 is 6.61 Å². The number of imidazole rings is 1. The van der Waals surface area contributed by atoms with Crippen molar-refractivity contribution in [2.45, 2.75) is 20.5 Å². The molecular weight excluding hydrogens is 456 g/mol. The van der Waals surface area contributed by atoms with E-state index in [4.69, 9.17) is 5.26 Å². The number of benzene rings is 1. The van der Waals surface area contributed by atoms with Crippen molar-refractivity contribution in [3.8, 4) is 23.5 Å². The zero-order chi connectivity index (χ0) is 24.5. The molecule has 4 heterocycles. The Bertz CT molecular complexity index is 1570. The molecule has 5 rings (SSSR count). The van der Waals surface area contributed by atoms with Gasteiger partial charge >= 0.3 is 6.61 Å². The number of anilines is 2. The van der Waals surface area contributed by atoms with Crippen LogP contribution in [0.25, 0.3) is 22.7 Å². The van der Waals surface area contributed by atoms with Gasteiger partial charge in [0.05, 0.1) is 16.7 Å². The van der Waals surface area contributed by atoms with Crippen molar-refractivity contribution in [3.05, 3.63) is 71.9 Å². The van der Waals surface area contributed by atoms with Crippen molar-refractivity contribution in [2.24, 2.45) is 0 Å². The molecule has 4 aromatic heterocycles. The van der Waals surface area contributed by atoms with E-state index >= 15 is 0 Å². The van der Waals surface area contributed by atoms with Gasteiger partial charge in [-0.25, -0.2) is 14.6 Å². The van der Waals surface area contributed by atoms with Gasteiger partial charge in [0.25, 0.3) is 0 Å². The van der Waals surface area contributed by atoms with E-state index in [1.165, 1.54) is 23.1 Å². The lowest BCUT2D eigenvalue weighted by atomic mass is 10.2.